The smallest absolute Gasteiger partial charge is 0.480 e. The van der Waals surface area contributed by atoms with E-state index < -0.39 is 24.9 Å². The van der Waals surface area contributed by atoms with Crippen molar-refractivity contribution >= 4 is 5.97 Å². The third kappa shape index (κ3) is 8.32. The zero-order valence-electron chi connectivity index (χ0n) is 7.67. The molecule has 0 heterocycles. The first-order valence-corrected chi connectivity index (χ1v) is 3.60. The molecule has 0 amide bonds. The Kier molecular flexibility index (Phi) is 7.94. The number of rotatable bonds is 4. The van der Waals surface area contributed by atoms with Gasteiger partial charge in [0.2, 0.25) is 0 Å². The Hall–Kier alpha value is -1.00. The van der Waals surface area contributed by atoms with Gasteiger partial charge in [0.05, 0.1) is 13.2 Å². The van der Waals surface area contributed by atoms with E-state index in [4.69, 9.17) is 15.3 Å². The lowest BCUT2D eigenvalue weighted by Crippen LogP contribution is -2.40. The lowest BCUT2D eigenvalue weighted by atomic mass is 10.6. The molecule has 0 radical (unpaired) electrons. The fraction of sp³-hybridized carbons (Fsp3) is 0.833. The molecule has 0 aromatic carbocycles. The van der Waals surface area contributed by atoms with Crippen molar-refractivity contribution in [3.05, 3.63) is 0 Å². The van der Waals surface area contributed by atoms with Crippen LogP contribution in [-0.4, -0.2) is 53.4 Å². The van der Waals surface area contributed by atoms with Crippen molar-refractivity contribution in [2.75, 3.05) is 19.8 Å². The lowest BCUT2D eigenvalue weighted by Gasteiger charge is -2.17. The Balaban J connectivity index is 0. The first-order chi connectivity index (χ1) is 7.08. The van der Waals surface area contributed by atoms with Gasteiger partial charge >= 0.3 is 18.3 Å². The van der Waals surface area contributed by atoms with Gasteiger partial charge in [-0.15, -0.1) is 0 Å². The summed E-state index contributed by atoms with van der Waals surface area (Å²) in [6.45, 7) is -1.95. The molecule has 5 nitrogen and oxygen atoms in total. The molecule has 0 atom stereocenters. The van der Waals surface area contributed by atoms with E-state index in [0.29, 0.717) is 0 Å². The highest BCUT2D eigenvalue weighted by Gasteiger charge is 2.59. The maximum atomic E-state index is 11.7. The predicted molar refractivity (Wildman–Crippen MR) is 38.8 cm³/mol. The molecule has 0 aromatic heterocycles. The molecule has 16 heavy (non-hydrogen) atoms. The van der Waals surface area contributed by atoms with Gasteiger partial charge in [-0.05, 0) is 0 Å². The van der Waals surface area contributed by atoms with Crippen molar-refractivity contribution < 1.29 is 46.8 Å². The third-order valence-electron chi connectivity index (χ3n) is 0.807. The number of aliphatic hydroxyl groups is 2. The third-order valence-corrected chi connectivity index (χ3v) is 0.807. The van der Waals surface area contributed by atoms with Gasteiger partial charge in [0.1, 0.15) is 0 Å². The van der Waals surface area contributed by atoms with Gasteiger partial charge in [0, 0.05) is 0 Å². The van der Waals surface area contributed by atoms with Crippen LogP contribution in [-0.2, 0) is 9.53 Å². The molecule has 0 bridgehead atoms. The van der Waals surface area contributed by atoms with E-state index in [1.54, 1.807) is 0 Å². The summed E-state index contributed by atoms with van der Waals surface area (Å²) in [7, 11) is 0. The van der Waals surface area contributed by atoms with E-state index in [0.717, 1.165) is 0 Å². The number of carboxylic acids is 1. The minimum Gasteiger partial charge on any atom is -0.480 e. The maximum absolute atomic E-state index is 11.7. The van der Waals surface area contributed by atoms with E-state index in [1.165, 1.54) is 0 Å². The average Bonchev–Trinajstić information content (AvgIpc) is 2.13. The van der Waals surface area contributed by atoms with Gasteiger partial charge in [-0.25, -0.2) is 4.79 Å². The van der Waals surface area contributed by atoms with Crippen molar-refractivity contribution in [2.24, 2.45) is 0 Å². The molecule has 98 valence electrons. The van der Waals surface area contributed by atoms with E-state index >= 15 is 0 Å². The van der Waals surface area contributed by atoms with Gasteiger partial charge in [-0.2, -0.15) is 22.0 Å². The van der Waals surface area contributed by atoms with Gasteiger partial charge in [0.15, 0.2) is 6.61 Å². The SMILES string of the molecule is O=C(O)COC(F)(F)C(F)(F)F.OCCO. The van der Waals surface area contributed by atoms with Crippen LogP contribution in [0, 0.1) is 0 Å². The summed E-state index contributed by atoms with van der Waals surface area (Å²) < 4.78 is 59.8. The van der Waals surface area contributed by atoms with Gasteiger partial charge in [0.25, 0.3) is 0 Å². The number of carbonyl (C=O) groups is 1. The highest BCUT2D eigenvalue weighted by molar-refractivity contribution is 5.68. The standard InChI is InChI=1S/C4H3F5O3.C2H6O2/c5-3(6,7)4(8,9)12-1-2(10)11;3-1-2-4/h1H2,(H,10,11);3-4H,1-2H2. The molecule has 0 aliphatic carbocycles. The molecule has 0 aromatic rings. The number of ether oxygens (including phenoxy) is 1. The molecule has 10 heteroatoms. The fourth-order valence-electron chi connectivity index (χ4n) is 0.234. The quantitative estimate of drug-likeness (QED) is 0.626. The summed E-state index contributed by atoms with van der Waals surface area (Å²) in [5.74, 6) is -1.90. The second-order valence-corrected chi connectivity index (χ2v) is 2.14. The van der Waals surface area contributed by atoms with Gasteiger partial charge in [-0.1, -0.05) is 0 Å². The Morgan fingerprint density at radius 3 is 1.62 bits per heavy atom. The molecular formula is C6H9F5O5. The summed E-state index contributed by atoms with van der Waals surface area (Å²) in [5, 5.41) is 23.0. The number of halogens is 5. The largest absolute Gasteiger partial charge is 0.482 e. The Bertz CT molecular complexity index is 202. The van der Waals surface area contributed by atoms with Crippen LogP contribution in [0.4, 0.5) is 22.0 Å². The molecule has 0 rings (SSSR count). The van der Waals surface area contributed by atoms with Crippen LogP contribution in [0.5, 0.6) is 0 Å². The number of hydrogen-bond acceptors (Lipinski definition) is 4. The van der Waals surface area contributed by atoms with E-state index in [2.05, 4.69) is 4.74 Å². The van der Waals surface area contributed by atoms with Crippen LogP contribution in [0.2, 0.25) is 0 Å². The first-order valence-electron chi connectivity index (χ1n) is 3.60. The molecule has 0 aliphatic heterocycles. The lowest BCUT2D eigenvalue weighted by molar-refractivity contribution is -0.389. The summed E-state index contributed by atoms with van der Waals surface area (Å²) in [6.07, 6.45) is -11.3. The number of aliphatic carboxylic acids is 1. The van der Waals surface area contributed by atoms with Crippen molar-refractivity contribution in [2.45, 2.75) is 12.3 Å². The van der Waals surface area contributed by atoms with Crippen molar-refractivity contribution in [1.29, 1.82) is 0 Å². The molecule has 0 spiro atoms. The van der Waals surface area contributed by atoms with Gasteiger partial charge in [-0.3, -0.25) is 0 Å². The maximum Gasteiger partial charge on any atom is 0.482 e. The van der Waals surface area contributed by atoms with Gasteiger partial charge < -0.3 is 20.1 Å². The zero-order valence-corrected chi connectivity index (χ0v) is 7.67. The molecule has 3 N–H and O–H groups in total. The summed E-state index contributed by atoms with van der Waals surface area (Å²) >= 11 is 0. The molecule has 0 aliphatic rings. The fourth-order valence-corrected chi connectivity index (χ4v) is 0.234. The average molecular weight is 256 g/mol. The van der Waals surface area contributed by atoms with E-state index in [1.807, 2.05) is 0 Å². The monoisotopic (exact) mass is 256 g/mol. The number of carboxylic acid groups (broad SMARTS) is 1. The topological polar surface area (TPSA) is 87.0 Å². The first kappa shape index (κ1) is 17.4. The molecule has 0 saturated carbocycles. The molecular weight excluding hydrogens is 247 g/mol. The Morgan fingerprint density at radius 2 is 1.44 bits per heavy atom. The van der Waals surface area contributed by atoms with Crippen molar-refractivity contribution in [3.8, 4) is 0 Å². The van der Waals surface area contributed by atoms with Crippen molar-refractivity contribution in [1.82, 2.24) is 0 Å². The van der Waals surface area contributed by atoms with Crippen LogP contribution in [0.15, 0.2) is 0 Å². The minimum atomic E-state index is -5.89. The summed E-state index contributed by atoms with van der Waals surface area (Å²) in [6, 6.07) is 0. The molecule has 0 saturated heterocycles. The highest BCUT2D eigenvalue weighted by Crippen LogP contribution is 2.35. The Labute approximate surface area is 86.1 Å². The highest BCUT2D eigenvalue weighted by atomic mass is 19.4. The minimum absolute atomic E-state index is 0.125. The number of alkyl halides is 5. The molecule has 0 fully saturated rings. The number of hydrogen-bond donors (Lipinski definition) is 3. The normalized spacial score (nSPS) is 11.7. The predicted octanol–water partition coefficient (Wildman–Crippen LogP) is 0.214. The summed E-state index contributed by atoms with van der Waals surface area (Å²) in [5.41, 5.74) is 0. The zero-order chi connectivity index (χ0) is 13.4. The van der Waals surface area contributed by atoms with Crippen LogP contribution in [0.1, 0.15) is 0 Å². The van der Waals surface area contributed by atoms with E-state index in [-0.39, 0.29) is 13.2 Å². The number of aliphatic hydroxyl groups excluding tert-OH is 2. The van der Waals surface area contributed by atoms with Crippen LogP contribution in [0.25, 0.3) is 0 Å². The molecule has 0 unspecified atom stereocenters. The van der Waals surface area contributed by atoms with Crippen LogP contribution >= 0.6 is 0 Å². The second-order valence-electron chi connectivity index (χ2n) is 2.14. The van der Waals surface area contributed by atoms with Crippen LogP contribution < -0.4 is 0 Å². The van der Waals surface area contributed by atoms with Crippen LogP contribution in [0.3, 0.4) is 0 Å². The Morgan fingerprint density at radius 1 is 1.06 bits per heavy atom. The van der Waals surface area contributed by atoms with Crippen molar-refractivity contribution in [3.63, 3.8) is 0 Å². The second kappa shape index (κ2) is 7.30. The summed E-state index contributed by atoms with van der Waals surface area (Å²) in [4.78, 5) is 9.55. The van der Waals surface area contributed by atoms with E-state index in [9.17, 15) is 26.7 Å².